The number of hydrogen-bond donors (Lipinski definition) is 2. The molecule has 3 nitrogen and oxygen atoms in total. The van der Waals surface area contributed by atoms with Crippen molar-refractivity contribution in [2.24, 2.45) is 0 Å². The van der Waals surface area contributed by atoms with Crippen LogP contribution in [0.5, 0.6) is 0 Å². The first-order valence-corrected chi connectivity index (χ1v) is 6.41. The molecule has 2 rings (SSSR count). The van der Waals surface area contributed by atoms with E-state index in [1.54, 1.807) is 24.3 Å². The Kier molecular flexibility index (Phi) is 4.42. The Labute approximate surface area is 117 Å². The van der Waals surface area contributed by atoms with Gasteiger partial charge in [-0.2, -0.15) is 0 Å². The van der Waals surface area contributed by atoms with Crippen molar-refractivity contribution in [3.05, 3.63) is 64.7 Å². The van der Waals surface area contributed by atoms with E-state index in [0.29, 0.717) is 22.8 Å². The molecule has 0 heterocycles. The van der Waals surface area contributed by atoms with E-state index in [1.165, 1.54) is 0 Å². The summed E-state index contributed by atoms with van der Waals surface area (Å²) in [4.78, 5) is 11.9. The summed E-state index contributed by atoms with van der Waals surface area (Å²) in [6, 6.07) is 14.5. The van der Waals surface area contributed by atoms with Gasteiger partial charge in [0.25, 0.3) is 5.91 Å². The van der Waals surface area contributed by atoms with Crippen molar-refractivity contribution in [3.63, 3.8) is 0 Å². The van der Waals surface area contributed by atoms with E-state index in [2.05, 4.69) is 5.32 Å². The Morgan fingerprint density at radius 1 is 1.16 bits per heavy atom. The average molecular weight is 275 g/mol. The number of rotatable bonds is 4. The van der Waals surface area contributed by atoms with E-state index in [-0.39, 0.29) is 5.91 Å². The molecule has 0 spiro atoms. The van der Waals surface area contributed by atoms with Gasteiger partial charge in [0.05, 0.1) is 0 Å². The predicted molar refractivity (Wildman–Crippen MR) is 78.3 cm³/mol. The Morgan fingerprint density at radius 2 is 1.95 bits per heavy atom. The monoisotopic (exact) mass is 274 g/mol. The van der Waals surface area contributed by atoms with Crippen molar-refractivity contribution in [1.29, 1.82) is 0 Å². The number of amides is 1. The van der Waals surface area contributed by atoms with E-state index < -0.39 is 0 Å². The molecule has 0 fully saturated rings. The van der Waals surface area contributed by atoms with Crippen molar-refractivity contribution in [2.45, 2.75) is 6.42 Å². The molecular weight excluding hydrogens is 260 g/mol. The zero-order valence-electron chi connectivity index (χ0n) is 10.4. The Bertz CT molecular complexity index is 584. The van der Waals surface area contributed by atoms with E-state index in [0.717, 1.165) is 12.0 Å². The third-order valence-electron chi connectivity index (χ3n) is 2.74. The van der Waals surface area contributed by atoms with Crippen LogP contribution in [0.2, 0.25) is 5.02 Å². The normalized spacial score (nSPS) is 10.2. The fraction of sp³-hybridized carbons (Fsp3) is 0.133. The van der Waals surface area contributed by atoms with Gasteiger partial charge in [-0.25, -0.2) is 0 Å². The van der Waals surface area contributed by atoms with Crippen LogP contribution >= 0.6 is 11.6 Å². The van der Waals surface area contributed by atoms with Crippen molar-refractivity contribution < 1.29 is 4.79 Å². The maximum atomic E-state index is 11.9. The number of carbonyl (C=O) groups is 1. The van der Waals surface area contributed by atoms with Gasteiger partial charge >= 0.3 is 0 Å². The molecule has 0 aliphatic carbocycles. The van der Waals surface area contributed by atoms with Gasteiger partial charge in [0.15, 0.2) is 0 Å². The summed E-state index contributed by atoms with van der Waals surface area (Å²) >= 11 is 5.90. The second-order valence-corrected chi connectivity index (χ2v) is 4.70. The summed E-state index contributed by atoms with van der Waals surface area (Å²) < 4.78 is 0. The molecule has 0 radical (unpaired) electrons. The molecule has 0 saturated heterocycles. The van der Waals surface area contributed by atoms with E-state index in [4.69, 9.17) is 17.3 Å². The largest absolute Gasteiger partial charge is 0.399 e. The molecule has 0 aromatic heterocycles. The second kappa shape index (κ2) is 6.25. The molecule has 0 aliphatic heterocycles. The highest BCUT2D eigenvalue weighted by atomic mass is 35.5. The number of hydrogen-bond acceptors (Lipinski definition) is 2. The van der Waals surface area contributed by atoms with Gasteiger partial charge in [-0.1, -0.05) is 29.8 Å². The molecule has 3 N–H and O–H groups in total. The Morgan fingerprint density at radius 3 is 2.68 bits per heavy atom. The lowest BCUT2D eigenvalue weighted by Crippen LogP contribution is -2.25. The number of nitrogen functional groups attached to an aromatic ring is 1. The van der Waals surface area contributed by atoms with Crippen LogP contribution in [-0.2, 0) is 6.42 Å². The van der Waals surface area contributed by atoms with Crippen molar-refractivity contribution in [2.75, 3.05) is 12.3 Å². The highest BCUT2D eigenvalue weighted by Gasteiger charge is 2.04. The molecule has 0 unspecified atom stereocenters. The second-order valence-electron chi connectivity index (χ2n) is 4.26. The smallest absolute Gasteiger partial charge is 0.251 e. The number of nitrogens with two attached hydrogens (primary N) is 1. The minimum absolute atomic E-state index is 0.116. The fourth-order valence-corrected chi connectivity index (χ4v) is 2.01. The summed E-state index contributed by atoms with van der Waals surface area (Å²) in [6.45, 7) is 0.563. The lowest BCUT2D eigenvalue weighted by molar-refractivity contribution is 0.0954. The van der Waals surface area contributed by atoms with Crippen LogP contribution in [0.3, 0.4) is 0 Å². The molecule has 19 heavy (non-hydrogen) atoms. The van der Waals surface area contributed by atoms with Crippen LogP contribution in [0.25, 0.3) is 0 Å². The third kappa shape index (κ3) is 4.00. The minimum atomic E-state index is -0.116. The molecule has 0 atom stereocenters. The first-order valence-electron chi connectivity index (χ1n) is 6.03. The molecule has 4 heteroatoms. The zero-order valence-corrected chi connectivity index (χ0v) is 11.2. The number of benzene rings is 2. The highest BCUT2D eigenvalue weighted by molar-refractivity contribution is 6.30. The highest BCUT2D eigenvalue weighted by Crippen LogP contribution is 2.11. The molecular formula is C15H15ClN2O. The first kappa shape index (κ1) is 13.4. The number of anilines is 1. The predicted octanol–water partition coefficient (Wildman–Crippen LogP) is 2.89. The quantitative estimate of drug-likeness (QED) is 0.843. The standard InChI is InChI=1S/C15H15ClN2O/c16-13-5-1-3-11(9-13)7-8-18-15(19)12-4-2-6-14(17)10-12/h1-6,9-10H,7-8,17H2,(H,18,19). The first-order chi connectivity index (χ1) is 9.15. The van der Waals surface area contributed by atoms with Crippen molar-refractivity contribution in [3.8, 4) is 0 Å². The van der Waals surface area contributed by atoms with E-state index >= 15 is 0 Å². The van der Waals surface area contributed by atoms with E-state index in [1.807, 2.05) is 24.3 Å². The molecule has 1 amide bonds. The molecule has 0 bridgehead atoms. The van der Waals surface area contributed by atoms with Gasteiger partial charge in [0, 0.05) is 22.8 Å². The third-order valence-corrected chi connectivity index (χ3v) is 2.97. The number of nitrogens with one attached hydrogen (secondary N) is 1. The fourth-order valence-electron chi connectivity index (χ4n) is 1.79. The summed E-state index contributed by atoms with van der Waals surface area (Å²) in [5.41, 5.74) is 7.90. The van der Waals surface area contributed by atoms with Gasteiger partial charge in [-0.15, -0.1) is 0 Å². The Hall–Kier alpha value is -2.00. The van der Waals surface area contributed by atoms with Gasteiger partial charge in [-0.05, 0) is 42.3 Å². The van der Waals surface area contributed by atoms with Crippen LogP contribution in [0, 0.1) is 0 Å². The van der Waals surface area contributed by atoms with Crippen LogP contribution < -0.4 is 11.1 Å². The maximum absolute atomic E-state index is 11.9. The summed E-state index contributed by atoms with van der Waals surface area (Å²) in [7, 11) is 0. The van der Waals surface area contributed by atoms with Crippen LogP contribution in [0.4, 0.5) is 5.69 Å². The zero-order chi connectivity index (χ0) is 13.7. The van der Waals surface area contributed by atoms with Gasteiger partial charge in [0.2, 0.25) is 0 Å². The summed E-state index contributed by atoms with van der Waals surface area (Å²) in [5, 5.41) is 3.56. The lowest BCUT2D eigenvalue weighted by atomic mass is 10.1. The van der Waals surface area contributed by atoms with Gasteiger partial charge < -0.3 is 11.1 Å². The van der Waals surface area contributed by atoms with E-state index in [9.17, 15) is 4.79 Å². The minimum Gasteiger partial charge on any atom is -0.399 e. The molecule has 0 saturated carbocycles. The topological polar surface area (TPSA) is 55.1 Å². The maximum Gasteiger partial charge on any atom is 0.251 e. The molecule has 0 aliphatic rings. The molecule has 2 aromatic carbocycles. The molecule has 98 valence electrons. The van der Waals surface area contributed by atoms with Crippen LogP contribution in [0.15, 0.2) is 48.5 Å². The van der Waals surface area contributed by atoms with Crippen LogP contribution in [-0.4, -0.2) is 12.5 Å². The van der Waals surface area contributed by atoms with Gasteiger partial charge in [0.1, 0.15) is 0 Å². The molecule has 2 aromatic rings. The Balaban J connectivity index is 1.87. The van der Waals surface area contributed by atoms with Crippen molar-refractivity contribution in [1.82, 2.24) is 5.32 Å². The lowest BCUT2D eigenvalue weighted by Gasteiger charge is -2.06. The number of halogens is 1. The number of carbonyl (C=O) groups excluding carboxylic acids is 1. The van der Waals surface area contributed by atoms with Crippen molar-refractivity contribution >= 4 is 23.2 Å². The van der Waals surface area contributed by atoms with Crippen LogP contribution in [0.1, 0.15) is 15.9 Å². The average Bonchev–Trinajstić information content (AvgIpc) is 2.38. The summed E-state index contributed by atoms with van der Waals surface area (Å²) in [6.07, 6.45) is 0.745. The SMILES string of the molecule is Nc1cccc(C(=O)NCCc2cccc(Cl)c2)c1. The summed E-state index contributed by atoms with van der Waals surface area (Å²) in [5.74, 6) is -0.116. The van der Waals surface area contributed by atoms with Gasteiger partial charge in [-0.3, -0.25) is 4.79 Å².